The fraction of sp³-hybridized carbons (Fsp3) is 0.176. The van der Waals surface area contributed by atoms with Gasteiger partial charge in [0.1, 0.15) is 17.2 Å². The van der Waals surface area contributed by atoms with Crippen LogP contribution in [0.3, 0.4) is 0 Å². The Bertz CT molecular complexity index is 851. The van der Waals surface area contributed by atoms with Crippen LogP contribution in [-0.2, 0) is 6.42 Å². The van der Waals surface area contributed by atoms with Crippen molar-refractivity contribution in [1.29, 1.82) is 0 Å². The van der Waals surface area contributed by atoms with Crippen molar-refractivity contribution in [2.75, 3.05) is 0 Å². The number of aliphatic hydroxyl groups is 1. The highest BCUT2D eigenvalue weighted by Gasteiger charge is 2.35. The van der Waals surface area contributed by atoms with Gasteiger partial charge in [0, 0.05) is 17.2 Å². The standard InChI is InChI=1S/C17H14O6/c1-7(18)2-8-3-10-14(12(20)4-8)17(23)15-11(16(10)22)5-9(19)6-13(15)21/h3-7,18-21H,2H2,1H3/t7-/m1/s1. The quantitative estimate of drug-likeness (QED) is 0.570. The fourth-order valence-electron chi connectivity index (χ4n) is 2.86. The van der Waals surface area contributed by atoms with Gasteiger partial charge in [-0.15, -0.1) is 0 Å². The fourth-order valence-corrected chi connectivity index (χ4v) is 2.86. The number of hydrogen-bond acceptors (Lipinski definition) is 6. The van der Waals surface area contributed by atoms with Crippen molar-refractivity contribution in [3.63, 3.8) is 0 Å². The Kier molecular flexibility index (Phi) is 3.34. The Morgan fingerprint density at radius 2 is 1.43 bits per heavy atom. The highest BCUT2D eigenvalue weighted by atomic mass is 16.3. The van der Waals surface area contributed by atoms with Gasteiger partial charge in [-0.1, -0.05) is 0 Å². The van der Waals surface area contributed by atoms with Gasteiger partial charge in [-0.05, 0) is 37.1 Å². The molecule has 0 amide bonds. The van der Waals surface area contributed by atoms with Gasteiger partial charge in [-0.2, -0.15) is 0 Å². The van der Waals surface area contributed by atoms with E-state index < -0.39 is 23.4 Å². The minimum Gasteiger partial charge on any atom is -0.508 e. The normalized spacial score (nSPS) is 14.3. The highest BCUT2D eigenvalue weighted by Crippen LogP contribution is 2.39. The molecule has 0 heterocycles. The first-order valence-electron chi connectivity index (χ1n) is 6.99. The van der Waals surface area contributed by atoms with E-state index in [1.165, 1.54) is 12.1 Å². The average Bonchev–Trinajstić information content (AvgIpc) is 2.42. The zero-order chi connectivity index (χ0) is 16.9. The van der Waals surface area contributed by atoms with Crippen molar-refractivity contribution in [2.45, 2.75) is 19.4 Å². The molecule has 0 unspecified atom stereocenters. The third-order valence-electron chi connectivity index (χ3n) is 3.75. The third-order valence-corrected chi connectivity index (χ3v) is 3.75. The smallest absolute Gasteiger partial charge is 0.201 e. The van der Waals surface area contributed by atoms with E-state index in [9.17, 15) is 30.0 Å². The summed E-state index contributed by atoms with van der Waals surface area (Å²) in [6.45, 7) is 1.56. The van der Waals surface area contributed by atoms with E-state index >= 15 is 0 Å². The zero-order valence-electron chi connectivity index (χ0n) is 12.2. The molecule has 118 valence electrons. The Morgan fingerprint density at radius 3 is 2.04 bits per heavy atom. The lowest BCUT2D eigenvalue weighted by Crippen LogP contribution is -2.22. The molecule has 1 aliphatic carbocycles. The Balaban J connectivity index is 2.25. The van der Waals surface area contributed by atoms with Crippen molar-refractivity contribution in [1.82, 2.24) is 0 Å². The second-order valence-corrected chi connectivity index (χ2v) is 5.64. The van der Waals surface area contributed by atoms with Gasteiger partial charge in [0.25, 0.3) is 0 Å². The predicted molar refractivity (Wildman–Crippen MR) is 80.1 cm³/mol. The van der Waals surface area contributed by atoms with Crippen LogP contribution in [0.25, 0.3) is 0 Å². The van der Waals surface area contributed by atoms with Crippen LogP contribution in [0.4, 0.5) is 0 Å². The van der Waals surface area contributed by atoms with Crippen LogP contribution in [-0.4, -0.2) is 38.1 Å². The Hall–Kier alpha value is -2.86. The molecule has 0 saturated carbocycles. The van der Waals surface area contributed by atoms with Gasteiger partial charge in [0.15, 0.2) is 5.78 Å². The number of phenols is 3. The molecule has 1 atom stereocenters. The van der Waals surface area contributed by atoms with Crippen LogP contribution in [0.2, 0.25) is 0 Å². The maximum absolute atomic E-state index is 12.6. The van der Waals surface area contributed by atoms with E-state index in [1.807, 2.05) is 0 Å². The molecular weight excluding hydrogens is 300 g/mol. The van der Waals surface area contributed by atoms with Crippen molar-refractivity contribution in [3.05, 3.63) is 52.1 Å². The van der Waals surface area contributed by atoms with Crippen molar-refractivity contribution in [3.8, 4) is 17.2 Å². The van der Waals surface area contributed by atoms with E-state index in [-0.39, 0.29) is 40.2 Å². The van der Waals surface area contributed by atoms with E-state index in [0.29, 0.717) is 5.56 Å². The van der Waals surface area contributed by atoms with Gasteiger partial charge in [0.05, 0.1) is 17.2 Å². The molecule has 1 aliphatic rings. The summed E-state index contributed by atoms with van der Waals surface area (Å²) in [7, 11) is 0. The lowest BCUT2D eigenvalue weighted by Gasteiger charge is -2.20. The number of hydrogen-bond donors (Lipinski definition) is 4. The summed E-state index contributed by atoms with van der Waals surface area (Å²) < 4.78 is 0. The summed E-state index contributed by atoms with van der Waals surface area (Å²) in [5.41, 5.74) is -0.0429. The second-order valence-electron chi connectivity index (χ2n) is 5.64. The largest absolute Gasteiger partial charge is 0.508 e. The number of aromatic hydroxyl groups is 3. The second kappa shape index (κ2) is 5.10. The molecule has 4 N–H and O–H groups in total. The molecule has 0 spiro atoms. The van der Waals surface area contributed by atoms with Gasteiger partial charge in [0.2, 0.25) is 5.78 Å². The van der Waals surface area contributed by atoms with Gasteiger partial charge < -0.3 is 20.4 Å². The number of carbonyl (C=O) groups is 2. The first-order valence-corrected chi connectivity index (χ1v) is 6.99. The Morgan fingerprint density at radius 1 is 0.870 bits per heavy atom. The topological polar surface area (TPSA) is 115 Å². The molecule has 3 rings (SSSR count). The van der Waals surface area contributed by atoms with Gasteiger partial charge in [-0.3, -0.25) is 9.59 Å². The number of rotatable bonds is 2. The summed E-state index contributed by atoms with van der Waals surface area (Å²) in [5.74, 6) is -2.50. The molecular formula is C17H14O6. The van der Waals surface area contributed by atoms with Gasteiger partial charge >= 0.3 is 0 Å². The maximum Gasteiger partial charge on any atom is 0.201 e. The van der Waals surface area contributed by atoms with E-state index in [2.05, 4.69) is 0 Å². The molecule has 0 saturated heterocycles. The number of phenolic OH excluding ortho intramolecular Hbond substituents is 3. The minimum absolute atomic E-state index is 0.0110. The molecule has 0 aliphatic heterocycles. The lowest BCUT2D eigenvalue weighted by molar-refractivity contribution is 0.0973. The molecule has 0 aromatic heterocycles. The van der Waals surface area contributed by atoms with Crippen LogP contribution in [0.5, 0.6) is 17.2 Å². The van der Waals surface area contributed by atoms with Crippen molar-refractivity contribution in [2.24, 2.45) is 0 Å². The summed E-state index contributed by atoms with van der Waals surface area (Å²) in [5, 5.41) is 39.0. The highest BCUT2D eigenvalue weighted by molar-refractivity contribution is 6.30. The van der Waals surface area contributed by atoms with Crippen LogP contribution < -0.4 is 0 Å². The maximum atomic E-state index is 12.6. The first-order chi connectivity index (χ1) is 10.8. The summed E-state index contributed by atoms with van der Waals surface area (Å²) in [6.07, 6.45) is -0.470. The number of fused-ring (bicyclic) bond motifs is 2. The SMILES string of the molecule is C[C@@H](O)Cc1cc(O)c2c(c1)C(=O)c1cc(O)cc(O)c1C2=O. The summed E-state index contributed by atoms with van der Waals surface area (Å²) in [6, 6.07) is 4.83. The van der Waals surface area contributed by atoms with Crippen LogP contribution in [0.15, 0.2) is 24.3 Å². The van der Waals surface area contributed by atoms with Crippen LogP contribution >= 0.6 is 0 Å². The van der Waals surface area contributed by atoms with Gasteiger partial charge in [-0.25, -0.2) is 0 Å². The molecule has 0 radical (unpaired) electrons. The number of aliphatic hydroxyl groups excluding tert-OH is 1. The molecule has 0 fully saturated rings. The first kappa shape index (κ1) is 15.1. The van der Waals surface area contributed by atoms with E-state index in [4.69, 9.17) is 0 Å². The van der Waals surface area contributed by atoms with Crippen molar-refractivity contribution >= 4 is 11.6 Å². The Labute approximate surface area is 131 Å². The monoisotopic (exact) mass is 314 g/mol. The molecule has 0 bridgehead atoms. The number of carbonyl (C=O) groups excluding carboxylic acids is 2. The minimum atomic E-state index is -0.687. The van der Waals surface area contributed by atoms with E-state index in [0.717, 1.165) is 12.1 Å². The van der Waals surface area contributed by atoms with Crippen LogP contribution in [0, 0.1) is 0 Å². The lowest BCUT2D eigenvalue weighted by atomic mass is 9.81. The zero-order valence-corrected chi connectivity index (χ0v) is 12.2. The molecule has 6 nitrogen and oxygen atoms in total. The average molecular weight is 314 g/mol. The molecule has 23 heavy (non-hydrogen) atoms. The molecule has 2 aromatic rings. The van der Waals surface area contributed by atoms with Crippen LogP contribution in [0.1, 0.15) is 44.3 Å². The number of benzene rings is 2. The van der Waals surface area contributed by atoms with E-state index in [1.54, 1.807) is 6.92 Å². The summed E-state index contributed by atoms with van der Waals surface area (Å²) >= 11 is 0. The summed E-state index contributed by atoms with van der Waals surface area (Å²) in [4.78, 5) is 25.1. The number of ketones is 2. The van der Waals surface area contributed by atoms with Crippen molar-refractivity contribution < 1.29 is 30.0 Å². The third kappa shape index (κ3) is 2.33. The molecule has 2 aromatic carbocycles. The predicted octanol–water partition coefficient (Wildman–Crippen LogP) is 1.50. The molecule has 6 heteroatoms.